The molecule has 3 N–H and O–H groups in total. The number of nitrogen functional groups attached to an aromatic ring is 1. The fourth-order valence-corrected chi connectivity index (χ4v) is 5.16. The molecule has 2 heterocycles. The van der Waals surface area contributed by atoms with Gasteiger partial charge in [-0.3, -0.25) is 0 Å². The number of anilines is 1. The summed E-state index contributed by atoms with van der Waals surface area (Å²) in [6.07, 6.45) is 1.27. The van der Waals surface area contributed by atoms with E-state index < -0.39 is 10.0 Å². The van der Waals surface area contributed by atoms with Gasteiger partial charge in [0.1, 0.15) is 4.90 Å². The Hall–Kier alpha value is -0.540. The molecule has 9 heteroatoms. The normalized spacial score (nSPS) is 19.8. The number of sulfonamides is 1. The number of hydrazine groups is 1. The Morgan fingerprint density at radius 2 is 2.25 bits per heavy atom. The van der Waals surface area contributed by atoms with Gasteiger partial charge in [-0.1, -0.05) is 11.6 Å². The molecule has 0 radical (unpaired) electrons. The Morgan fingerprint density at radius 1 is 1.55 bits per heavy atom. The smallest absolute Gasteiger partial charge is 0.244 e. The topological polar surface area (TPSA) is 88.3 Å². The molecule has 1 aromatic rings. The maximum Gasteiger partial charge on any atom is 0.244 e. The molecule has 1 saturated heterocycles. The third-order valence-corrected chi connectivity index (χ3v) is 6.38. The maximum atomic E-state index is 12.6. The molecule has 1 fully saturated rings. The van der Waals surface area contributed by atoms with Crippen molar-refractivity contribution in [1.29, 1.82) is 0 Å². The Morgan fingerprint density at radius 3 is 2.80 bits per heavy atom. The monoisotopic (exact) mass is 336 g/mol. The molecule has 0 saturated carbocycles. The summed E-state index contributed by atoms with van der Waals surface area (Å²) in [6.45, 7) is 5.03. The van der Waals surface area contributed by atoms with Gasteiger partial charge in [0.2, 0.25) is 10.0 Å². The standard InChI is InChI=1S/C11H17ClN4O2S2/c1-11(2)7-16(3-4-19-11)20(17,18)8-5-9(12)10(15-13)14-6-8/h5-6H,3-4,7,13H2,1-2H3,(H,14,15). The van der Waals surface area contributed by atoms with E-state index in [1.165, 1.54) is 16.6 Å². The number of pyridine rings is 1. The fourth-order valence-electron chi connectivity index (χ4n) is 2.00. The minimum atomic E-state index is -3.58. The van der Waals surface area contributed by atoms with E-state index in [2.05, 4.69) is 10.4 Å². The van der Waals surface area contributed by atoms with Gasteiger partial charge in [0.05, 0.1) is 5.02 Å². The van der Waals surface area contributed by atoms with E-state index in [-0.39, 0.29) is 20.5 Å². The van der Waals surface area contributed by atoms with Crippen LogP contribution in [0.15, 0.2) is 17.2 Å². The van der Waals surface area contributed by atoms with Gasteiger partial charge < -0.3 is 5.43 Å². The molecule has 0 spiro atoms. The number of nitrogens with one attached hydrogen (secondary N) is 1. The summed E-state index contributed by atoms with van der Waals surface area (Å²) >= 11 is 7.71. The second kappa shape index (κ2) is 5.69. The van der Waals surface area contributed by atoms with Gasteiger partial charge in [-0.2, -0.15) is 16.1 Å². The summed E-state index contributed by atoms with van der Waals surface area (Å²) in [4.78, 5) is 4.00. The fraction of sp³-hybridized carbons (Fsp3) is 0.545. The SMILES string of the molecule is CC1(C)CN(S(=O)(=O)c2cnc(NN)c(Cl)c2)CCS1. The van der Waals surface area contributed by atoms with Crippen LogP contribution in [-0.4, -0.2) is 41.3 Å². The highest BCUT2D eigenvalue weighted by Crippen LogP contribution is 2.33. The molecule has 2 rings (SSSR count). The van der Waals surface area contributed by atoms with Gasteiger partial charge in [-0.05, 0) is 19.9 Å². The zero-order valence-electron chi connectivity index (χ0n) is 11.3. The number of nitrogens with two attached hydrogens (primary N) is 1. The third-order valence-electron chi connectivity index (χ3n) is 2.98. The Labute approximate surface area is 128 Å². The molecular weight excluding hydrogens is 320 g/mol. The van der Waals surface area contributed by atoms with E-state index in [0.717, 1.165) is 5.75 Å². The first-order valence-electron chi connectivity index (χ1n) is 6.02. The highest BCUT2D eigenvalue weighted by Gasteiger charge is 2.35. The average molecular weight is 337 g/mol. The molecule has 1 aliphatic rings. The molecule has 1 aromatic heterocycles. The Kier molecular flexibility index (Phi) is 4.50. The van der Waals surface area contributed by atoms with Crippen molar-refractivity contribution in [3.05, 3.63) is 17.3 Å². The third kappa shape index (κ3) is 3.20. The van der Waals surface area contributed by atoms with Crippen molar-refractivity contribution in [2.75, 3.05) is 24.3 Å². The van der Waals surface area contributed by atoms with E-state index in [1.54, 1.807) is 11.8 Å². The molecular formula is C11H17ClN4O2S2. The number of aromatic nitrogens is 1. The van der Waals surface area contributed by atoms with Crippen LogP contribution in [0.3, 0.4) is 0 Å². The molecule has 1 aliphatic heterocycles. The number of rotatable bonds is 3. The van der Waals surface area contributed by atoms with Crippen LogP contribution >= 0.6 is 23.4 Å². The summed E-state index contributed by atoms with van der Waals surface area (Å²) < 4.78 is 26.6. The minimum Gasteiger partial charge on any atom is -0.307 e. The first kappa shape index (κ1) is 15.8. The van der Waals surface area contributed by atoms with Gasteiger partial charge in [0.25, 0.3) is 0 Å². The Balaban J connectivity index is 2.33. The molecule has 0 atom stereocenters. The summed E-state index contributed by atoms with van der Waals surface area (Å²) in [7, 11) is -3.58. The van der Waals surface area contributed by atoms with E-state index in [9.17, 15) is 8.42 Å². The number of thioether (sulfide) groups is 1. The first-order valence-corrected chi connectivity index (χ1v) is 8.83. The summed E-state index contributed by atoms with van der Waals surface area (Å²) in [5.74, 6) is 6.25. The lowest BCUT2D eigenvalue weighted by molar-refractivity contribution is 0.387. The number of hydrogen-bond donors (Lipinski definition) is 2. The van der Waals surface area contributed by atoms with Crippen LogP contribution in [0.4, 0.5) is 5.82 Å². The van der Waals surface area contributed by atoms with Crippen molar-refractivity contribution in [3.8, 4) is 0 Å². The summed E-state index contributed by atoms with van der Waals surface area (Å²) in [5.41, 5.74) is 2.31. The lowest BCUT2D eigenvalue weighted by atomic mass is 10.2. The largest absolute Gasteiger partial charge is 0.307 e. The highest BCUT2D eigenvalue weighted by molar-refractivity contribution is 8.00. The number of nitrogens with zero attached hydrogens (tertiary/aromatic N) is 2. The molecule has 0 aromatic carbocycles. The zero-order valence-corrected chi connectivity index (χ0v) is 13.6. The van der Waals surface area contributed by atoms with Crippen LogP contribution in [0.25, 0.3) is 0 Å². The molecule has 112 valence electrons. The van der Waals surface area contributed by atoms with Crippen molar-refractivity contribution in [2.45, 2.75) is 23.5 Å². The second-order valence-corrected chi connectivity index (χ2v) is 9.24. The molecule has 0 aliphatic carbocycles. The molecule has 0 bridgehead atoms. The van der Waals surface area contributed by atoms with E-state index >= 15 is 0 Å². The van der Waals surface area contributed by atoms with Gasteiger partial charge in [-0.15, -0.1) is 0 Å². The van der Waals surface area contributed by atoms with E-state index in [0.29, 0.717) is 13.1 Å². The molecule has 0 unspecified atom stereocenters. The van der Waals surface area contributed by atoms with Crippen LogP contribution in [0.2, 0.25) is 5.02 Å². The van der Waals surface area contributed by atoms with Gasteiger partial charge in [0.15, 0.2) is 5.82 Å². The average Bonchev–Trinajstić information content (AvgIpc) is 2.37. The predicted molar refractivity (Wildman–Crippen MR) is 82.4 cm³/mol. The van der Waals surface area contributed by atoms with Crippen LogP contribution in [0, 0.1) is 0 Å². The lowest BCUT2D eigenvalue weighted by Crippen LogP contribution is -2.46. The van der Waals surface area contributed by atoms with Crippen LogP contribution in [-0.2, 0) is 10.0 Å². The predicted octanol–water partition coefficient (Wildman–Crippen LogP) is 1.54. The van der Waals surface area contributed by atoms with Gasteiger partial charge >= 0.3 is 0 Å². The quantitative estimate of drug-likeness (QED) is 0.643. The van der Waals surface area contributed by atoms with Crippen molar-refractivity contribution in [2.24, 2.45) is 5.84 Å². The maximum absolute atomic E-state index is 12.6. The van der Waals surface area contributed by atoms with Crippen LogP contribution in [0.5, 0.6) is 0 Å². The van der Waals surface area contributed by atoms with E-state index in [1.807, 2.05) is 13.8 Å². The first-order chi connectivity index (χ1) is 9.26. The Bertz CT molecular complexity index is 606. The van der Waals surface area contributed by atoms with Gasteiger partial charge in [-0.25, -0.2) is 19.2 Å². The summed E-state index contributed by atoms with van der Waals surface area (Å²) in [5, 5.41) is 0.180. The van der Waals surface area contributed by atoms with E-state index in [4.69, 9.17) is 17.4 Å². The number of halogens is 1. The van der Waals surface area contributed by atoms with Crippen molar-refractivity contribution < 1.29 is 8.42 Å². The molecule has 6 nitrogen and oxygen atoms in total. The van der Waals surface area contributed by atoms with Crippen LogP contribution in [0.1, 0.15) is 13.8 Å². The van der Waals surface area contributed by atoms with Crippen molar-refractivity contribution in [1.82, 2.24) is 9.29 Å². The highest BCUT2D eigenvalue weighted by atomic mass is 35.5. The lowest BCUT2D eigenvalue weighted by Gasteiger charge is -2.36. The minimum absolute atomic E-state index is 0.0872. The molecule has 20 heavy (non-hydrogen) atoms. The van der Waals surface area contributed by atoms with Crippen molar-refractivity contribution in [3.63, 3.8) is 0 Å². The zero-order chi connectivity index (χ0) is 15.0. The van der Waals surface area contributed by atoms with Crippen LogP contribution < -0.4 is 11.3 Å². The van der Waals surface area contributed by atoms with Crippen molar-refractivity contribution >= 4 is 39.2 Å². The summed E-state index contributed by atoms with van der Waals surface area (Å²) in [6, 6.07) is 1.37. The second-order valence-electron chi connectivity index (χ2n) is 5.09. The molecule has 0 amide bonds. The van der Waals surface area contributed by atoms with Gasteiger partial charge in [0, 0.05) is 29.8 Å². The number of hydrogen-bond acceptors (Lipinski definition) is 6.